The van der Waals surface area contributed by atoms with E-state index in [9.17, 15) is 31.6 Å². The third-order valence-electron chi connectivity index (χ3n) is 9.38. The van der Waals surface area contributed by atoms with Gasteiger partial charge in [0.25, 0.3) is 11.4 Å². The van der Waals surface area contributed by atoms with Gasteiger partial charge >= 0.3 is 0 Å². The Morgan fingerprint density at radius 1 is 0.615 bits per heavy atom. The van der Waals surface area contributed by atoms with Gasteiger partial charge in [-0.05, 0) is 65.9 Å². The average molecular weight is 689 g/mol. The second kappa shape index (κ2) is 16.3. The van der Waals surface area contributed by atoms with E-state index >= 15 is 0 Å². The van der Waals surface area contributed by atoms with Gasteiger partial charge in [0.1, 0.15) is 23.8 Å². The second-order valence-corrected chi connectivity index (χ2v) is 15.4. The largest absolute Gasteiger partial charge is 0.386 e. The molecule has 0 unspecified atom stereocenters. The van der Waals surface area contributed by atoms with Crippen molar-refractivity contribution in [2.45, 2.75) is 80.1 Å². The molecule has 12 nitrogen and oxygen atoms in total. The highest BCUT2D eigenvalue weighted by molar-refractivity contribution is 5.58. The van der Waals surface area contributed by atoms with Crippen LogP contribution < -0.4 is 10.6 Å². The maximum Gasteiger partial charge on any atom is 0.266 e. The van der Waals surface area contributed by atoms with E-state index in [-0.39, 0.29) is 50.1 Å². The Kier molecular flexibility index (Phi) is 12.4. The average Bonchev–Trinajstić information content (AvgIpc) is 3.08. The molecule has 0 atom stereocenters. The van der Waals surface area contributed by atoms with Crippen molar-refractivity contribution < 1.29 is 0 Å². The summed E-state index contributed by atoms with van der Waals surface area (Å²) < 4.78 is 0. The molecule has 0 saturated heterocycles. The highest BCUT2D eigenvalue weighted by Gasteiger charge is 2.37. The van der Waals surface area contributed by atoms with Crippen LogP contribution in [0.2, 0.25) is 0 Å². The molecule has 0 saturated carbocycles. The van der Waals surface area contributed by atoms with Crippen LogP contribution in [0.4, 0.5) is 0 Å². The fourth-order valence-corrected chi connectivity index (χ4v) is 7.21. The summed E-state index contributed by atoms with van der Waals surface area (Å²) in [5, 5.41) is 65.7. The number of nitrogens with zero attached hydrogens (tertiary/aromatic N) is 10. The molecule has 52 heavy (non-hydrogen) atoms. The van der Waals surface area contributed by atoms with E-state index in [1.807, 2.05) is 70.7 Å². The van der Waals surface area contributed by atoms with Crippen molar-refractivity contribution in [2.24, 2.45) is 16.2 Å². The molecule has 3 rings (SSSR count). The van der Waals surface area contributed by atoms with E-state index in [4.69, 9.17) is 19.7 Å². The fraction of sp³-hybridized carbons (Fsp3) is 0.475. The van der Waals surface area contributed by atoms with Gasteiger partial charge in [-0.25, -0.2) is 25.1 Å². The number of rotatable bonds is 9. The minimum atomic E-state index is -0.379. The topological polar surface area (TPSA) is 183 Å². The van der Waals surface area contributed by atoms with Gasteiger partial charge in [0.05, 0.1) is 49.1 Å². The van der Waals surface area contributed by atoms with E-state index in [1.54, 1.807) is 0 Å². The molecule has 0 heterocycles. The molecule has 3 aliphatic rings. The van der Waals surface area contributed by atoms with E-state index < -0.39 is 0 Å². The SMILES string of the molecule is [C-]#[N+]C1=C(N(CCNC2=C(C#N)C(=C(C#N)C#N)CC(C)(C)C2)CCNC2=C(C#N)/C(=C(\C#N)[N+]#[C-])CC(C)(C)C2)CC(C)(C)C/C1=C(\C#N)[N+]#[C-]. The monoisotopic (exact) mass is 688 g/mol. The standard InChI is InChI=1S/C40H40N12/c1-38(2)14-27(26(20-41)21-42)30(22-43)32(17-38)50-10-12-52(36-19-40(5,6)16-29(37(36)49-9)35(25-46)48-8)13-11-51-33-18-39(3,4)15-28(31(33)23-44)34(24-45)47-7/h50-51H,10-19H2,1-6H3/b34-28+,35-29-. The van der Waals surface area contributed by atoms with Gasteiger partial charge in [-0.2, -0.15) is 21.0 Å². The van der Waals surface area contributed by atoms with Crippen LogP contribution in [0, 0.1) is 104 Å². The van der Waals surface area contributed by atoms with Crippen molar-refractivity contribution in [2.75, 3.05) is 26.2 Å². The Bertz CT molecular complexity index is 1960. The molecule has 0 aromatic heterocycles. The van der Waals surface area contributed by atoms with Crippen LogP contribution in [0.25, 0.3) is 14.5 Å². The van der Waals surface area contributed by atoms with Crippen molar-refractivity contribution in [1.29, 1.82) is 31.6 Å². The lowest BCUT2D eigenvalue weighted by Gasteiger charge is -2.40. The summed E-state index contributed by atoms with van der Waals surface area (Å²) in [6, 6.07) is 12.2. The van der Waals surface area contributed by atoms with Gasteiger partial charge in [-0.3, -0.25) is 0 Å². The molecular weight excluding hydrogens is 649 g/mol. The molecule has 0 aliphatic heterocycles. The van der Waals surface area contributed by atoms with E-state index in [2.05, 4.69) is 37.3 Å². The lowest BCUT2D eigenvalue weighted by Crippen LogP contribution is -2.40. The lowest BCUT2D eigenvalue weighted by atomic mass is 9.73. The van der Waals surface area contributed by atoms with Crippen LogP contribution in [-0.2, 0) is 0 Å². The summed E-state index contributed by atoms with van der Waals surface area (Å²) in [7, 11) is 0. The zero-order valence-corrected chi connectivity index (χ0v) is 30.5. The zero-order valence-electron chi connectivity index (χ0n) is 30.5. The normalized spacial score (nSPS) is 20.4. The summed E-state index contributed by atoms with van der Waals surface area (Å²) in [6.07, 6.45) is 2.74. The predicted molar refractivity (Wildman–Crippen MR) is 192 cm³/mol. The van der Waals surface area contributed by atoms with Gasteiger partial charge in [-0.15, -0.1) is 0 Å². The summed E-state index contributed by atoms with van der Waals surface area (Å²) in [5.74, 6) is 0. The molecule has 3 aliphatic carbocycles. The Labute approximate surface area is 307 Å². The number of hydrogen-bond donors (Lipinski definition) is 2. The van der Waals surface area contributed by atoms with Crippen LogP contribution in [0.15, 0.2) is 67.6 Å². The third kappa shape index (κ3) is 8.88. The first-order valence-corrected chi connectivity index (χ1v) is 16.7. The Hall–Kier alpha value is -6.75. The molecule has 2 N–H and O–H groups in total. The zero-order chi connectivity index (χ0) is 38.9. The first-order chi connectivity index (χ1) is 24.6. The minimum absolute atomic E-state index is 0.0896. The van der Waals surface area contributed by atoms with Gasteiger partial charge in [0, 0.05) is 48.8 Å². The van der Waals surface area contributed by atoms with Crippen molar-refractivity contribution in [3.63, 3.8) is 0 Å². The lowest BCUT2D eigenvalue weighted by molar-refractivity contribution is 0.258. The predicted octanol–water partition coefficient (Wildman–Crippen LogP) is 7.35. The van der Waals surface area contributed by atoms with Crippen LogP contribution >= 0.6 is 0 Å². The van der Waals surface area contributed by atoms with Crippen LogP contribution in [-0.4, -0.2) is 31.1 Å². The van der Waals surface area contributed by atoms with Crippen molar-refractivity contribution >= 4 is 0 Å². The number of nitrogens with one attached hydrogen (secondary N) is 2. The molecule has 0 aromatic carbocycles. The molecule has 0 spiro atoms. The number of nitriles is 6. The first kappa shape index (κ1) is 39.7. The highest BCUT2D eigenvalue weighted by Crippen LogP contribution is 2.46. The molecule has 0 aromatic rings. The van der Waals surface area contributed by atoms with E-state index in [0.717, 1.165) is 0 Å². The van der Waals surface area contributed by atoms with Crippen LogP contribution in [0.5, 0.6) is 0 Å². The Morgan fingerprint density at radius 3 is 1.46 bits per heavy atom. The van der Waals surface area contributed by atoms with Crippen LogP contribution in [0.1, 0.15) is 80.1 Å². The molecular formula is C40H40N12. The Morgan fingerprint density at radius 2 is 1.04 bits per heavy atom. The molecule has 12 heteroatoms. The summed E-state index contributed by atoms with van der Waals surface area (Å²) >= 11 is 0. The first-order valence-electron chi connectivity index (χ1n) is 16.7. The molecule has 0 amide bonds. The molecule has 0 bridgehead atoms. The fourth-order valence-electron chi connectivity index (χ4n) is 7.21. The minimum Gasteiger partial charge on any atom is -0.386 e. The van der Waals surface area contributed by atoms with Gasteiger partial charge in [0.2, 0.25) is 0 Å². The number of hydrogen-bond acceptors (Lipinski definition) is 9. The van der Waals surface area contributed by atoms with Gasteiger partial charge in [-0.1, -0.05) is 41.5 Å². The van der Waals surface area contributed by atoms with Crippen LogP contribution in [0.3, 0.4) is 0 Å². The third-order valence-corrected chi connectivity index (χ3v) is 9.38. The Balaban J connectivity index is 2.10. The van der Waals surface area contributed by atoms with Crippen molar-refractivity contribution in [1.82, 2.24) is 15.5 Å². The van der Waals surface area contributed by atoms with E-state index in [0.29, 0.717) is 98.5 Å². The van der Waals surface area contributed by atoms with E-state index in [1.165, 1.54) is 0 Å². The maximum atomic E-state index is 10.1. The van der Waals surface area contributed by atoms with Gasteiger partial charge < -0.3 is 15.5 Å². The van der Waals surface area contributed by atoms with Crippen molar-refractivity contribution in [3.8, 4) is 36.4 Å². The molecule has 0 radical (unpaired) electrons. The molecule has 0 fully saturated rings. The van der Waals surface area contributed by atoms with Gasteiger partial charge in [0.15, 0.2) is 5.70 Å². The summed E-state index contributed by atoms with van der Waals surface area (Å²) in [5.41, 5.74) is 2.67. The second-order valence-electron chi connectivity index (χ2n) is 15.4. The van der Waals surface area contributed by atoms with Crippen molar-refractivity contribution in [3.05, 3.63) is 102 Å². The number of allylic oxidation sites excluding steroid dienone is 11. The maximum absolute atomic E-state index is 10.1. The summed E-state index contributed by atoms with van der Waals surface area (Å²) in [6.45, 7) is 36.7. The molecule has 260 valence electrons. The summed E-state index contributed by atoms with van der Waals surface area (Å²) in [4.78, 5) is 12.7. The quantitative estimate of drug-likeness (QED) is 0.185. The smallest absolute Gasteiger partial charge is 0.266 e. The highest BCUT2D eigenvalue weighted by atomic mass is 15.2.